The number of rotatable bonds is 4. The summed E-state index contributed by atoms with van der Waals surface area (Å²) >= 11 is 0. The van der Waals surface area contributed by atoms with Crippen molar-refractivity contribution in [2.45, 2.75) is 50.2 Å². The zero-order chi connectivity index (χ0) is 14.9. The van der Waals surface area contributed by atoms with E-state index in [0.717, 1.165) is 31.8 Å². The summed E-state index contributed by atoms with van der Waals surface area (Å²) in [6.45, 7) is 2.01. The molecule has 0 amide bonds. The van der Waals surface area contributed by atoms with Gasteiger partial charge in [0.1, 0.15) is 11.5 Å². The van der Waals surface area contributed by atoms with E-state index in [4.69, 9.17) is 11.5 Å². The predicted octanol–water partition coefficient (Wildman–Crippen LogP) is 0.275. The fourth-order valence-corrected chi connectivity index (χ4v) is 3.86. The number of hydrogen-bond acceptors (Lipinski definition) is 6. The topological polar surface area (TPSA) is 91.7 Å². The molecule has 3 aliphatic rings. The molecule has 1 saturated heterocycles. The lowest BCUT2D eigenvalue weighted by Gasteiger charge is -2.33. The first-order chi connectivity index (χ1) is 10.1. The molecule has 2 atom stereocenters. The molecule has 2 aliphatic heterocycles. The van der Waals surface area contributed by atoms with Crippen molar-refractivity contribution in [3.8, 4) is 0 Å². The third-order valence-corrected chi connectivity index (χ3v) is 5.00. The molecule has 0 radical (unpaired) electrons. The van der Waals surface area contributed by atoms with E-state index in [1.807, 2.05) is 7.05 Å². The second-order valence-corrected chi connectivity index (χ2v) is 6.72. The number of hydrogen-bond donors (Lipinski definition) is 4. The molecule has 6 N–H and O–H groups in total. The van der Waals surface area contributed by atoms with Crippen LogP contribution in [-0.2, 0) is 0 Å². The molecule has 0 aromatic carbocycles. The highest BCUT2D eigenvalue weighted by Crippen LogP contribution is 2.33. The fourth-order valence-electron chi connectivity index (χ4n) is 3.86. The Morgan fingerprint density at radius 3 is 2.86 bits per heavy atom. The van der Waals surface area contributed by atoms with Crippen molar-refractivity contribution in [2.24, 2.45) is 22.4 Å². The molecule has 2 fully saturated rings. The van der Waals surface area contributed by atoms with Gasteiger partial charge in [0, 0.05) is 19.1 Å². The normalized spacial score (nSPS) is 33.8. The van der Waals surface area contributed by atoms with E-state index in [2.05, 4.69) is 26.6 Å². The Labute approximate surface area is 127 Å². The standard InChI is InChI=1S/C15H28N6/c1-18-12-6-7-21(10-12)13-9-15(17,20-14(16)19-13)8-11-4-2-3-5-11/h9,11-12,18H,2-8,10,17H2,1H3,(H3,16,19,20)/t12-,15?/m1/s1. The van der Waals surface area contributed by atoms with Crippen molar-refractivity contribution < 1.29 is 0 Å². The maximum Gasteiger partial charge on any atom is 0.196 e. The van der Waals surface area contributed by atoms with Crippen LogP contribution in [0.5, 0.6) is 0 Å². The molecule has 0 spiro atoms. The smallest absolute Gasteiger partial charge is 0.196 e. The van der Waals surface area contributed by atoms with Gasteiger partial charge in [0.25, 0.3) is 0 Å². The summed E-state index contributed by atoms with van der Waals surface area (Å²) in [7, 11) is 2.01. The Kier molecular flexibility index (Phi) is 4.08. The van der Waals surface area contributed by atoms with Crippen molar-refractivity contribution in [1.82, 2.24) is 15.5 Å². The monoisotopic (exact) mass is 292 g/mol. The van der Waals surface area contributed by atoms with Crippen LogP contribution in [0.4, 0.5) is 0 Å². The Morgan fingerprint density at radius 2 is 2.19 bits per heavy atom. The number of nitrogens with zero attached hydrogens (tertiary/aromatic N) is 2. The van der Waals surface area contributed by atoms with E-state index in [0.29, 0.717) is 17.9 Å². The third kappa shape index (κ3) is 3.32. The molecule has 0 aromatic rings. The van der Waals surface area contributed by atoms with Crippen molar-refractivity contribution >= 4 is 5.96 Å². The first kappa shape index (κ1) is 14.7. The van der Waals surface area contributed by atoms with E-state index in [1.54, 1.807) is 0 Å². The van der Waals surface area contributed by atoms with Crippen molar-refractivity contribution in [3.63, 3.8) is 0 Å². The van der Waals surface area contributed by atoms with Crippen LogP contribution in [0.15, 0.2) is 16.9 Å². The van der Waals surface area contributed by atoms with Crippen LogP contribution in [0.2, 0.25) is 0 Å². The summed E-state index contributed by atoms with van der Waals surface area (Å²) in [6.07, 6.45) is 9.33. The minimum Gasteiger partial charge on any atom is -0.370 e. The number of aliphatic imine (C=N–C) groups is 1. The minimum absolute atomic E-state index is 0.445. The predicted molar refractivity (Wildman–Crippen MR) is 85.4 cm³/mol. The van der Waals surface area contributed by atoms with Crippen LogP contribution in [0.3, 0.4) is 0 Å². The molecule has 118 valence electrons. The highest BCUT2D eigenvalue weighted by molar-refractivity contribution is 5.81. The second kappa shape index (κ2) is 5.85. The molecule has 0 bridgehead atoms. The van der Waals surface area contributed by atoms with Gasteiger partial charge < -0.3 is 27.0 Å². The maximum absolute atomic E-state index is 6.53. The molecule has 0 aromatic heterocycles. The number of guanidine groups is 1. The summed E-state index contributed by atoms with van der Waals surface area (Å²) < 4.78 is 0. The van der Waals surface area contributed by atoms with Gasteiger partial charge in [0.2, 0.25) is 0 Å². The summed E-state index contributed by atoms with van der Waals surface area (Å²) in [5, 5.41) is 6.52. The summed E-state index contributed by atoms with van der Waals surface area (Å²) in [4.78, 5) is 6.80. The zero-order valence-electron chi connectivity index (χ0n) is 12.9. The highest BCUT2D eigenvalue weighted by Gasteiger charge is 2.34. The lowest BCUT2D eigenvalue weighted by molar-refractivity contribution is 0.346. The van der Waals surface area contributed by atoms with Crippen LogP contribution in [0.1, 0.15) is 38.5 Å². The first-order valence-corrected chi connectivity index (χ1v) is 8.14. The molecule has 6 heteroatoms. The molecular formula is C15H28N6. The Bertz CT molecular complexity index is 439. The van der Waals surface area contributed by atoms with E-state index < -0.39 is 5.66 Å². The number of likely N-dealkylation sites (N-methyl/N-ethyl adjacent to an activating group) is 1. The van der Waals surface area contributed by atoms with Crippen LogP contribution in [0.25, 0.3) is 0 Å². The zero-order valence-corrected chi connectivity index (χ0v) is 12.9. The number of nitrogens with one attached hydrogen (secondary N) is 2. The molecule has 1 aliphatic carbocycles. The number of likely N-dealkylation sites (tertiary alicyclic amines) is 1. The van der Waals surface area contributed by atoms with Gasteiger partial charge in [-0.1, -0.05) is 25.7 Å². The minimum atomic E-state index is -0.641. The first-order valence-electron chi connectivity index (χ1n) is 8.14. The van der Waals surface area contributed by atoms with Gasteiger partial charge in [0.05, 0.1) is 0 Å². The molecule has 1 unspecified atom stereocenters. The van der Waals surface area contributed by atoms with E-state index in [-0.39, 0.29) is 0 Å². The molecule has 2 heterocycles. The second-order valence-electron chi connectivity index (χ2n) is 6.72. The van der Waals surface area contributed by atoms with Gasteiger partial charge in [-0.25, -0.2) is 4.99 Å². The summed E-state index contributed by atoms with van der Waals surface area (Å²) in [5.41, 5.74) is 11.9. The van der Waals surface area contributed by atoms with Crippen LogP contribution in [0, 0.1) is 5.92 Å². The summed E-state index contributed by atoms with van der Waals surface area (Å²) in [5.74, 6) is 2.16. The average molecular weight is 292 g/mol. The highest BCUT2D eigenvalue weighted by atomic mass is 15.3. The van der Waals surface area contributed by atoms with E-state index in [9.17, 15) is 0 Å². The Balaban J connectivity index is 1.72. The summed E-state index contributed by atoms with van der Waals surface area (Å²) in [6, 6.07) is 0.537. The lowest BCUT2D eigenvalue weighted by Crippen LogP contribution is -2.50. The Hall–Kier alpha value is -1.27. The number of nitrogens with two attached hydrogens (primary N) is 2. The van der Waals surface area contributed by atoms with Crippen molar-refractivity contribution in [2.75, 3.05) is 20.1 Å². The van der Waals surface area contributed by atoms with Crippen LogP contribution < -0.4 is 22.1 Å². The van der Waals surface area contributed by atoms with E-state index in [1.165, 1.54) is 25.7 Å². The largest absolute Gasteiger partial charge is 0.370 e. The van der Waals surface area contributed by atoms with E-state index >= 15 is 0 Å². The SMILES string of the molecule is CN[C@@H]1CCN(C2=CC(N)(CC3CCCC3)N=C(N)N2)C1. The van der Waals surface area contributed by atoms with Gasteiger partial charge in [-0.15, -0.1) is 0 Å². The maximum atomic E-state index is 6.53. The lowest BCUT2D eigenvalue weighted by atomic mass is 9.93. The van der Waals surface area contributed by atoms with Gasteiger partial charge in [-0.05, 0) is 31.9 Å². The van der Waals surface area contributed by atoms with Gasteiger partial charge in [-0.2, -0.15) is 0 Å². The molecule has 1 saturated carbocycles. The van der Waals surface area contributed by atoms with Gasteiger partial charge in [0.15, 0.2) is 5.96 Å². The average Bonchev–Trinajstić information content (AvgIpc) is 3.07. The van der Waals surface area contributed by atoms with Gasteiger partial charge in [-0.3, -0.25) is 0 Å². The Morgan fingerprint density at radius 1 is 1.43 bits per heavy atom. The van der Waals surface area contributed by atoms with Gasteiger partial charge >= 0.3 is 0 Å². The van der Waals surface area contributed by atoms with Crippen molar-refractivity contribution in [1.29, 1.82) is 0 Å². The van der Waals surface area contributed by atoms with Crippen LogP contribution in [-0.4, -0.2) is 42.7 Å². The molecular weight excluding hydrogens is 264 g/mol. The molecule has 6 nitrogen and oxygen atoms in total. The molecule has 21 heavy (non-hydrogen) atoms. The van der Waals surface area contributed by atoms with Crippen LogP contribution >= 0.6 is 0 Å². The quantitative estimate of drug-likeness (QED) is 0.597. The third-order valence-electron chi connectivity index (χ3n) is 5.00. The fraction of sp³-hybridized carbons (Fsp3) is 0.800. The van der Waals surface area contributed by atoms with Crippen molar-refractivity contribution in [3.05, 3.63) is 11.9 Å². The molecule has 3 rings (SSSR count).